The number of hydrogen-bond acceptors (Lipinski definition) is 3. The molecule has 0 atom stereocenters. The number of hydrogen-bond donors (Lipinski definition) is 0. The number of anilines is 1. The van der Waals surface area contributed by atoms with E-state index in [4.69, 9.17) is 16.9 Å². The molecule has 0 fully saturated rings. The van der Waals surface area contributed by atoms with Crippen LogP contribution in [-0.2, 0) is 0 Å². The van der Waals surface area contributed by atoms with Crippen LogP contribution in [0, 0.1) is 11.3 Å². The van der Waals surface area contributed by atoms with Gasteiger partial charge in [0.1, 0.15) is 11.9 Å². The fourth-order valence-electron chi connectivity index (χ4n) is 1.57. The lowest BCUT2D eigenvalue weighted by molar-refractivity contribution is 0.734. The molecule has 0 unspecified atom stereocenters. The Balaban J connectivity index is 2.96. The average molecular weight is 238 g/mol. The van der Waals surface area contributed by atoms with Crippen molar-refractivity contribution in [2.75, 3.05) is 18.0 Å². The Kier molecular flexibility index (Phi) is 5.07. The number of pyridine rings is 1. The van der Waals surface area contributed by atoms with E-state index in [0.717, 1.165) is 31.7 Å². The van der Waals surface area contributed by atoms with Gasteiger partial charge in [-0.15, -0.1) is 0 Å². The summed E-state index contributed by atoms with van der Waals surface area (Å²) in [6.45, 7) is 6.16. The normalized spacial score (nSPS) is 9.88. The second-order valence-electron chi connectivity index (χ2n) is 3.60. The van der Waals surface area contributed by atoms with E-state index in [1.54, 1.807) is 6.07 Å². The lowest BCUT2D eigenvalue weighted by Crippen LogP contribution is -2.25. The first-order valence-electron chi connectivity index (χ1n) is 5.54. The minimum atomic E-state index is 0.302. The van der Waals surface area contributed by atoms with Crippen LogP contribution in [0.25, 0.3) is 0 Å². The summed E-state index contributed by atoms with van der Waals surface area (Å²) in [4.78, 5) is 6.44. The number of rotatable bonds is 5. The van der Waals surface area contributed by atoms with E-state index in [0.29, 0.717) is 10.7 Å². The number of halogens is 1. The summed E-state index contributed by atoms with van der Waals surface area (Å²) in [5.74, 6) is 0.838. The molecule has 0 radical (unpaired) electrons. The van der Waals surface area contributed by atoms with Gasteiger partial charge in [-0.2, -0.15) is 5.26 Å². The van der Waals surface area contributed by atoms with E-state index in [1.807, 2.05) is 12.1 Å². The lowest BCUT2D eigenvalue weighted by atomic mass is 10.3. The summed E-state index contributed by atoms with van der Waals surface area (Å²) in [5, 5.41) is 9.28. The second-order valence-corrected chi connectivity index (χ2v) is 4.01. The van der Waals surface area contributed by atoms with Crippen molar-refractivity contribution in [3.63, 3.8) is 0 Å². The minimum absolute atomic E-state index is 0.302. The highest BCUT2D eigenvalue weighted by atomic mass is 35.5. The lowest BCUT2D eigenvalue weighted by Gasteiger charge is -2.22. The van der Waals surface area contributed by atoms with Gasteiger partial charge in [0.25, 0.3) is 0 Å². The summed E-state index contributed by atoms with van der Waals surface area (Å²) < 4.78 is 0. The molecule has 16 heavy (non-hydrogen) atoms. The van der Waals surface area contributed by atoms with Gasteiger partial charge in [-0.25, -0.2) is 4.98 Å². The first-order valence-corrected chi connectivity index (χ1v) is 5.92. The molecule has 0 amide bonds. The Hall–Kier alpha value is -1.27. The molecule has 0 aliphatic carbocycles. The average Bonchev–Trinajstić information content (AvgIpc) is 2.29. The highest BCUT2D eigenvalue weighted by molar-refractivity contribution is 6.31. The second kappa shape index (κ2) is 6.34. The van der Waals surface area contributed by atoms with Crippen LogP contribution in [0.4, 0.5) is 5.82 Å². The third-order valence-corrected chi connectivity index (χ3v) is 2.55. The van der Waals surface area contributed by atoms with Crippen molar-refractivity contribution in [1.29, 1.82) is 5.26 Å². The van der Waals surface area contributed by atoms with Crippen molar-refractivity contribution in [2.45, 2.75) is 26.7 Å². The standard InChI is InChI=1S/C12H16ClN3/c1-3-7-16(8-4-2)12-6-5-10(13)11(9-14)15-12/h5-6H,3-4,7-8H2,1-2H3. The third kappa shape index (κ3) is 3.11. The molecule has 0 aliphatic rings. The highest BCUT2D eigenvalue weighted by Gasteiger charge is 2.08. The van der Waals surface area contributed by atoms with Crippen molar-refractivity contribution in [2.24, 2.45) is 0 Å². The Bertz CT molecular complexity index is 378. The predicted molar refractivity (Wildman–Crippen MR) is 66.8 cm³/mol. The maximum Gasteiger partial charge on any atom is 0.161 e. The molecule has 1 rings (SSSR count). The fourth-order valence-corrected chi connectivity index (χ4v) is 1.71. The van der Waals surface area contributed by atoms with Gasteiger partial charge in [0.05, 0.1) is 5.02 Å². The Morgan fingerprint density at radius 3 is 2.44 bits per heavy atom. The zero-order valence-corrected chi connectivity index (χ0v) is 10.5. The topological polar surface area (TPSA) is 39.9 Å². The molecule has 1 aromatic heterocycles. The van der Waals surface area contributed by atoms with Crippen LogP contribution in [0.1, 0.15) is 32.4 Å². The molecular weight excluding hydrogens is 222 g/mol. The number of nitrogens with zero attached hydrogens (tertiary/aromatic N) is 3. The molecule has 0 N–H and O–H groups in total. The van der Waals surface area contributed by atoms with Crippen LogP contribution in [0.2, 0.25) is 5.02 Å². The zero-order chi connectivity index (χ0) is 12.0. The molecule has 0 saturated carbocycles. The Labute approximate surface area is 102 Å². The summed E-state index contributed by atoms with van der Waals surface area (Å²) in [5.41, 5.74) is 0.302. The van der Waals surface area contributed by atoms with Gasteiger partial charge in [0.2, 0.25) is 0 Å². The smallest absolute Gasteiger partial charge is 0.161 e. The number of nitriles is 1. The van der Waals surface area contributed by atoms with Crippen molar-refractivity contribution in [1.82, 2.24) is 4.98 Å². The maximum absolute atomic E-state index is 8.87. The van der Waals surface area contributed by atoms with Gasteiger partial charge in [0.15, 0.2) is 5.69 Å². The van der Waals surface area contributed by atoms with Crippen molar-refractivity contribution in [3.05, 3.63) is 22.8 Å². The van der Waals surface area contributed by atoms with Crippen LogP contribution >= 0.6 is 11.6 Å². The first-order chi connectivity index (χ1) is 7.72. The van der Waals surface area contributed by atoms with E-state index in [-0.39, 0.29) is 0 Å². The predicted octanol–water partition coefficient (Wildman–Crippen LogP) is 3.23. The van der Waals surface area contributed by atoms with Crippen molar-refractivity contribution >= 4 is 17.4 Å². The quantitative estimate of drug-likeness (QED) is 0.789. The van der Waals surface area contributed by atoms with E-state index in [1.165, 1.54) is 0 Å². The molecule has 1 heterocycles. The van der Waals surface area contributed by atoms with E-state index in [9.17, 15) is 0 Å². The summed E-state index contributed by atoms with van der Waals surface area (Å²) in [6, 6.07) is 5.61. The SMILES string of the molecule is CCCN(CCC)c1ccc(Cl)c(C#N)n1. The van der Waals surface area contributed by atoms with Gasteiger partial charge in [-0.3, -0.25) is 0 Å². The van der Waals surface area contributed by atoms with Gasteiger partial charge in [0, 0.05) is 13.1 Å². The molecule has 0 bridgehead atoms. The molecule has 0 aliphatic heterocycles. The van der Waals surface area contributed by atoms with Crippen LogP contribution < -0.4 is 4.90 Å². The molecule has 1 aromatic rings. The monoisotopic (exact) mass is 237 g/mol. The molecular formula is C12H16ClN3. The third-order valence-electron chi connectivity index (χ3n) is 2.25. The Morgan fingerprint density at radius 2 is 1.94 bits per heavy atom. The van der Waals surface area contributed by atoms with Crippen LogP contribution in [0.5, 0.6) is 0 Å². The minimum Gasteiger partial charge on any atom is -0.357 e. The molecule has 3 nitrogen and oxygen atoms in total. The van der Waals surface area contributed by atoms with Crippen molar-refractivity contribution < 1.29 is 0 Å². The summed E-state index contributed by atoms with van der Waals surface area (Å²) in [7, 11) is 0. The summed E-state index contributed by atoms with van der Waals surface area (Å²) in [6.07, 6.45) is 2.12. The van der Waals surface area contributed by atoms with Gasteiger partial charge >= 0.3 is 0 Å². The fraction of sp³-hybridized carbons (Fsp3) is 0.500. The molecule has 86 valence electrons. The first kappa shape index (κ1) is 12.8. The summed E-state index contributed by atoms with van der Waals surface area (Å²) >= 11 is 5.85. The van der Waals surface area contributed by atoms with Crippen LogP contribution in [0.3, 0.4) is 0 Å². The molecule has 0 spiro atoms. The van der Waals surface area contributed by atoms with Crippen molar-refractivity contribution in [3.8, 4) is 6.07 Å². The maximum atomic E-state index is 8.87. The molecule has 0 aromatic carbocycles. The Morgan fingerprint density at radius 1 is 1.31 bits per heavy atom. The van der Waals surface area contributed by atoms with Crippen LogP contribution in [-0.4, -0.2) is 18.1 Å². The number of aromatic nitrogens is 1. The highest BCUT2D eigenvalue weighted by Crippen LogP contribution is 2.19. The largest absolute Gasteiger partial charge is 0.357 e. The van der Waals surface area contributed by atoms with E-state index in [2.05, 4.69) is 23.7 Å². The zero-order valence-electron chi connectivity index (χ0n) is 9.70. The van der Waals surface area contributed by atoms with Gasteiger partial charge in [-0.05, 0) is 25.0 Å². The molecule has 4 heteroatoms. The van der Waals surface area contributed by atoms with E-state index >= 15 is 0 Å². The van der Waals surface area contributed by atoms with Gasteiger partial charge < -0.3 is 4.90 Å². The molecule has 0 saturated heterocycles. The van der Waals surface area contributed by atoms with Crippen LogP contribution in [0.15, 0.2) is 12.1 Å². The van der Waals surface area contributed by atoms with Gasteiger partial charge in [-0.1, -0.05) is 25.4 Å². The van der Waals surface area contributed by atoms with E-state index < -0.39 is 0 Å².